The molecule has 0 aromatic heterocycles. The second-order valence-corrected chi connectivity index (χ2v) is 4.66. The number of nitrogens with zero attached hydrogens (tertiary/aromatic N) is 1. The first-order chi connectivity index (χ1) is 8.45. The molecule has 1 rings (SSSR count). The van der Waals surface area contributed by atoms with Crippen LogP contribution in [0.5, 0.6) is 5.75 Å². The van der Waals surface area contributed by atoms with Crippen LogP contribution in [0, 0.1) is 6.92 Å². The highest BCUT2D eigenvalue weighted by Gasteiger charge is 2.13. The van der Waals surface area contributed by atoms with Crippen LogP contribution in [0.1, 0.15) is 25.0 Å². The van der Waals surface area contributed by atoms with Crippen molar-refractivity contribution < 1.29 is 14.6 Å². The second-order valence-electron chi connectivity index (χ2n) is 4.66. The predicted octanol–water partition coefficient (Wildman–Crippen LogP) is 1.73. The van der Waals surface area contributed by atoms with E-state index in [0.29, 0.717) is 11.3 Å². The molecule has 18 heavy (non-hydrogen) atoms. The Hall–Kier alpha value is -1.55. The average Bonchev–Trinajstić information content (AvgIpc) is 2.35. The van der Waals surface area contributed by atoms with E-state index >= 15 is 0 Å². The molecule has 0 radical (unpaired) electrons. The first kappa shape index (κ1) is 14.5. The van der Waals surface area contributed by atoms with Gasteiger partial charge in [-0.25, -0.2) is 0 Å². The lowest BCUT2D eigenvalue weighted by Gasteiger charge is -2.21. The van der Waals surface area contributed by atoms with Gasteiger partial charge in [-0.3, -0.25) is 4.79 Å². The quantitative estimate of drug-likeness (QED) is 0.867. The minimum absolute atomic E-state index is 0.00919. The Bertz CT molecular complexity index is 416. The van der Waals surface area contributed by atoms with E-state index in [2.05, 4.69) is 0 Å². The molecule has 0 aliphatic carbocycles. The van der Waals surface area contributed by atoms with E-state index < -0.39 is 0 Å². The van der Waals surface area contributed by atoms with Crippen molar-refractivity contribution in [2.75, 3.05) is 13.7 Å². The Morgan fingerprint density at radius 2 is 2.11 bits per heavy atom. The summed E-state index contributed by atoms with van der Waals surface area (Å²) in [5, 5.41) is 9.23. The largest absolute Gasteiger partial charge is 0.483 e. The number of hydrogen-bond donors (Lipinski definition) is 1. The monoisotopic (exact) mass is 251 g/mol. The SMILES string of the molecule is Cc1ccc(OCC(=O)N(C)C(C)C)c(CO)c1. The molecule has 4 heteroatoms. The number of ether oxygens (including phenoxy) is 1. The zero-order chi connectivity index (χ0) is 13.7. The molecular formula is C14H21NO3. The molecule has 1 aromatic carbocycles. The maximum atomic E-state index is 11.8. The third kappa shape index (κ3) is 3.74. The van der Waals surface area contributed by atoms with E-state index in [1.807, 2.05) is 32.9 Å². The van der Waals surface area contributed by atoms with Gasteiger partial charge in [0.1, 0.15) is 5.75 Å². The van der Waals surface area contributed by atoms with Gasteiger partial charge < -0.3 is 14.7 Å². The third-order valence-electron chi connectivity index (χ3n) is 2.91. The zero-order valence-corrected chi connectivity index (χ0v) is 11.4. The van der Waals surface area contributed by atoms with Crippen LogP contribution < -0.4 is 4.74 Å². The summed E-state index contributed by atoms with van der Waals surface area (Å²) in [7, 11) is 1.75. The summed E-state index contributed by atoms with van der Waals surface area (Å²) in [5.41, 5.74) is 1.76. The number of carbonyl (C=O) groups is 1. The van der Waals surface area contributed by atoms with Crippen LogP contribution in [0.3, 0.4) is 0 Å². The number of benzene rings is 1. The molecule has 0 bridgehead atoms. The van der Waals surface area contributed by atoms with Gasteiger partial charge in [0.15, 0.2) is 6.61 Å². The van der Waals surface area contributed by atoms with Gasteiger partial charge in [-0.2, -0.15) is 0 Å². The fraction of sp³-hybridized carbons (Fsp3) is 0.500. The average molecular weight is 251 g/mol. The fourth-order valence-corrected chi connectivity index (χ4v) is 1.50. The summed E-state index contributed by atoms with van der Waals surface area (Å²) in [6, 6.07) is 5.68. The van der Waals surface area contributed by atoms with Crippen molar-refractivity contribution in [2.24, 2.45) is 0 Å². The van der Waals surface area contributed by atoms with Crippen LogP contribution in [0.25, 0.3) is 0 Å². The maximum Gasteiger partial charge on any atom is 0.260 e. The lowest BCUT2D eigenvalue weighted by molar-refractivity contribution is -0.133. The lowest BCUT2D eigenvalue weighted by atomic mass is 10.1. The molecule has 0 fully saturated rings. The van der Waals surface area contributed by atoms with E-state index in [1.54, 1.807) is 18.0 Å². The standard InChI is InChI=1S/C14H21NO3/c1-10(2)15(4)14(17)9-18-13-6-5-11(3)7-12(13)8-16/h5-7,10,16H,8-9H2,1-4H3. The van der Waals surface area contributed by atoms with Crippen molar-refractivity contribution in [1.82, 2.24) is 4.90 Å². The normalized spacial score (nSPS) is 10.6. The number of aliphatic hydroxyl groups excluding tert-OH is 1. The molecule has 4 nitrogen and oxygen atoms in total. The molecule has 0 saturated heterocycles. The molecule has 1 amide bonds. The summed E-state index contributed by atoms with van der Waals surface area (Å²) in [6.07, 6.45) is 0. The van der Waals surface area contributed by atoms with E-state index in [1.165, 1.54) is 0 Å². The Labute approximate surface area is 108 Å². The van der Waals surface area contributed by atoms with E-state index in [9.17, 15) is 9.90 Å². The van der Waals surface area contributed by atoms with Crippen molar-refractivity contribution in [1.29, 1.82) is 0 Å². The van der Waals surface area contributed by atoms with Crippen molar-refractivity contribution in [3.63, 3.8) is 0 Å². The van der Waals surface area contributed by atoms with Gasteiger partial charge in [-0.05, 0) is 26.8 Å². The van der Waals surface area contributed by atoms with Crippen LogP contribution in [0.4, 0.5) is 0 Å². The summed E-state index contributed by atoms with van der Waals surface area (Å²) < 4.78 is 5.46. The summed E-state index contributed by atoms with van der Waals surface area (Å²) in [6.45, 7) is 5.74. The molecule has 0 saturated carbocycles. The maximum absolute atomic E-state index is 11.8. The second kappa shape index (κ2) is 6.40. The van der Waals surface area contributed by atoms with Crippen molar-refractivity contribution in [3.05, 3.63) is 29.3 Å². The smallest absolute Gasteiger partial charge is 0.260 e. The number of aliphatic hydroxyl groups is 1. The molecule has 1 N–H and O–H groups in total. The minimum Gasteiger partial charge on any atom is -0.483 e. The Morgan fingerprint density at radius 3 is 2.67 bits per heavy atom. The van der Waals surface area contributed by atoms with Crippen LogP contribution in [0.15, 0.2) is 18.2 Å². The zero-order valence-electron chi connectivity index (χ0n) is 11.4. The molecule has 1 aromatic rings. The molecule has 0 aliphatic heterocycles. The Kier molecular flexibility index (Phi) is 5.16. The number of hydrogen-bond acceptors (Lipinski definition) is 3. The number of aryl methyl sites for hydroxylation is 1. The summed E-state index contributed by atoms with van der Waals surface area (Å²) in [4.78, 5) is 13.4. The lowest BCUT2D eigenvalue weighted by Crippen LogP contribution is -2.36. The molecular weight excluding hydrogens is 230 g/mol. The third-order valence-corrected chi connectivity index (χ3v) is 2.91. The van der Waals surface area contributed by atoms with Crippen LogP contribution in [-0.4, -0.2) is 35.6 Å². The first-order valence-corrected chi connectivity index (χ1v) is 6.04. The van der Waals surface area contributed by atoms with Crippen LogP contribution in [0.2, 0.25) is 0 Å². The highest BCUT2D eigenvalue weighted by molar-refractivity contribution is 5.77. The van der Waals surface area contributed by atoms with Crippen molar-refractivity contribution in [2.45, 2.75) is 33.4 Å². The summed E-state index contributed by atoms with van der Waals surface area (Å²) >= 11 is 0. The fourth-order valence-electron chi connectivity index (χ4n) is 1.50. The van der Waals surface area contributed by atoms with Gasteiger partial charge in [-0.1, -0.05) is 17.7 Å². The molecule has 100 valence electrons. The highest BCUT2D eigenvalue weighted by atomic mass is 16.5. The van der Waals surface area contributed by atoms with Crippen molar-refractivity contribution in [3.8, 4) is 5.75 Å². The number of rotatable bonds is 5. The molecule has 0 heterocycles. The van der Waals surface area contributed by atoms with Gasteiger partial charge in [-0.15, -0.1) is 0 Å². The Balaban J connectivity index is 2.66. The summed E-state index contributed by atoms with van der Waals surface area (Å²) in [5.74, 6) is 0.489. The Morgan fingerprint density at radius 1 is 1.44 bits per heavy atom. The topological polar surface area (TPSA) is 49.8 Å². The number of carbonyl (C=O) groups excluding carboxylic acids is 1. The minimum atomic E-state index is -0.0920. The highest BCUT2D eigenvalue weighted by Crippen LogP contribution is 2.20. The van der Waals surface area contributed by atoms with E-state index in [0.717, 1.165) is 5.56 Å². The van der Waals surface area contributed by atoms with Crippen molar-refractivity contribution >= 4 is 5.91 Å². The number of likely N-dealkylation sites (N-methyl/N-ethyl adjacent to an activating group) is 1. The molecule has 0 spiro atoms. The van der Waals surface area contributed by atoms with Gasteiger partial charge in [0.25, 0.3) is 5.91 Å². The van der Waals surface area contributed by atoms with Crippen LogP contribution >= 0.6 is 0 Å². The number of amides is 1. The van der Waals surface area contributed by atoms with Gasteiger partial charge in [0.2, 0.25) is 0 Å². The predicted molar refractivity (Wildman–Crippen MR) is 70.5 cm³/mol. The van der Waals surface area contributed by atoms with Gasteiger partial charge in [0.05, 0.1) is 6.61 Å². The van der Waals surface area contributed by atoms with E-state index in [-0.39, 0.29) is 25.2 Å². The molecule has 0 atom stereocenters. The van der Waals surface area contributed by atoms with Gasteiger partial charge in [0, 0.05) is 18.7 Å². The van der Waals surface area contributed by atoms with Crippen LogP contribution in [-0.2, 0) is 11.4 Å². The first-order valence-electron chi connectivity index (χ1n) is 6.04. The molecule has 0 unspecified atom stereocenters. The molecule has 0 aliphatic rings. The van der Waals surface area contributed by atoms with Gasteiger partial charge >= 0.3 is 0 Å². The van der Waals surface area contributed by atoms with E-state index in [4.69, 9.17) is 4.74 Å².